The molecular formula is C23H21ClN2O4. The summed E-state index contributed by atoms with van der Waals surface area (Å²) < 4.78 is 12.6. The van der Waals surface area contributed by atoms with E-state index in [0.29, 0.717) is 42.3 Å². The molecule has 1 amide bonds. The highest BCUT2D eigenvalue weighted by atomic mass is 35.5. The van der Waals surface area contributed by atoms with Crippen molar-refractivity contribution in [2.75, 3.05) is 7.05 Å². The normalized spacial score (nSPS) is 11.1. The van der Waals surface area contributed by atoms with Gasteiger partial charge in [-0.15, -0.1) is 0 Å². The van der Waals surface area contributed by atoms with Crippen molar-refractivity contribution < 1.29 is 13.6 Å². The molecule has 0 saturated heterocycles. The van der Waals surface area contributed by atoms with Crippen molar-refractivity contribution in [1.29, 1.82) is 0 Å². The van der Waals surface area contributed by atoms with Gasteiger partial charge in [0, 0.05) is 30.6 Å². The number of carbonyl (C=O) groups is 1. The van der Waals surface area contributed by atoms with Crippen molar-refractivity contribution >= 4 is 28.6 Å². The Hall–Kier alpha value is -3.25. The average Bonchev–Trinajstić information content (AvgIpc) is 3.32. The van der Waals surface area contributed by atoms with E-state index in [9.17, 15) is 9.59 Å². The zero-order chi connectivity index (χ0) is 21.1. The van der Waals surface area contributed by atoms with Crippen molar-refractivity contribution in [3.63, 3.8) is 0 Å². The minimum atomic E-state index is -0.401. The standard InChI is InChI=1S/C23H21ClN2O4/c1-25(15-18-12-13-20(29-18)16-8-10-17(24)11-9-16)22(27)7-4-14-26-19-5-2-3-6-21(19)30-23(26)28/h2-3,5-6,8-13H,4,7,14-15H2,1H3. The molecule has 0 bridgehead atoms. The Bertz CT molecular complexity index is 1220. The smallest absolute Gasteiger partial charge is 0.419 e. The Morgan fingerprint density at radius 2 is 1.80 bits per heavy atom. The van der Waals surface area contributed by atoms with Crippen LogP contribution in [0.3, 0.4) is 0 Å². The van der Waals surface area contributed by atoms with Crippen LogP contribution in [-0.4, -0.2) is 22.4 Å². The Labute approximate surface area is 178 Å². The van der Waals surface area contributed by atoms with Gasteiger partial charge in [-0.3, -0.25) is 9.36 Å². The number of aromatic nitrogens is 1. The van der Waals surface area contributed by atoms with Gasteiger partial charge in [0.15, 0.2) is 5.58 Å². The lowest BCUT2D eigenvalue weighted by Gasteiger charge is -2.15. The molecule has 154 valence electrons. The first-order valence-corrected chi connectivity index (χ1v) is 10.1. The van der Waals surface area contributed by atoms with Gasteiger partial charge in [-0.1, -0.05) is 23.7 Å². The van der Waals surface area contributed by atoms with Gasteiger partial charge in [0.2, 0.25) is 5.91 Å². The highest BCUT2D eigenvalue weighted by molar-refractivity contribution is 6.30. The Kier molecular flexibility index (Phi) is 5.77. The van der Waals surface area contributed by atoms with Gasteiger partial charge in [-0.05, 0) is 55.0 Å². The quantitative estimate of drug-likeness (QED) is 0.421. The number of para-hydroxylation sites is 2. The monoisotopic (exact) mass is 424 g/mol. The summed E-state index contributed by atoms with van der Waals surface area (Å²) in [6, 6.07) is 18.4. The number of amides is 1. The van der Waals surface area contributed by atoms with Crippen LogP contribution < -0.4 is 5.76 Å². The van der Waals surface area contributed by atoms with E-state index in [-0.39, 0.29) is 5.91 Å². The van der Waals surface area contributed by atoms with Crippen molar-refractivity contribution in [3.05, 3.63) is 82.0 Å². The molecule has 30 heavy (non-hydrogen) atoms. The summed E-state index contributed by atoms with van der Waals surface area (Å²) >= 11 is 5.92. The van der Waals surface area contributed by atoms with Crippen molar-refractivity contribution in [3.8, 4) is 11.3 Å². The minimum Gasteiger partial charge on any atom is -0.459 e. The molecule has 0 atom stereocenters. The van der Waals surface area contributed by atoms with E-state index >= 15 is 0 Å². The third-order valence-corrected chi connectivity index (χ3v) is 5.21. The zero-order valence-electron chi connectivity index (χ0n) is 16.5. The van der Waals surface area contributed by atoms with E-state index in [0.717, 1.165) is 16.8 Å². The first kappa shape index (κ1) is 20.0. The predicted molar refractivity (Wildman–Crippen MR) is 115 cm³/mol. The lowest BCUT2D eigenvalue weighted by Crippen LogP contribution is -2.26. The predicted octanol–water partition coefficient (Wildman–Crippen LogP) is 4.95. The molecule has 0 aliphatic heterocycles. The fourth-order valence-corrected chi connectivity index (χ4v) is 3.49. The number of rotatable bonds is 7. The van der Waals surface area contributed by atoms with Crippen LogP contribution in [0.5, 0.6) is 0 Å². The number of oxazole rings is 1. The molecule has 2 aromatic heterocycles. The summed E-state index contributed by atoms with van der Waals surface area (Å²) in [5.41, 5.74) is 2.23. The number of hydrogen-bond donors (Lipinski definition) is 0. The zero-order valence-corrected chi connectivity index (χ0v) is 17.3. The summed E-state index contributed by atoms with van der Waals surface area (Å²) in [4.78, 5) is 26.1. The lowest BCUT2D eigenvalue weighted by atomic mass is 10.2. The molecule has 4 aromatic rings. The molecule has 0 fully saturated rings. The lowest BCUT2D eigenvalue weighted by molar-refractivity contribution is -0.130. The molecule has 0 unspecified atom stereocenters. The van der Waals surface area contributed by atoms with E-state index in [1.807, 2.05) is 54.6 Å². The van der Waals surface area contributed by atoms with Gasteiger partial charge < -0.3 is 13.7 Å². The van der Waals surface area contributed by atoms with Gasteiger partial charge in [0.05, 0.1) is 12.1 Å². The van der Waals surface area contributed by atoms with E-state index in [1.54, 1.807) is 22.6 Å². The van der Waals surface area contributed by atoms with E-state index in [4.69, 9.17) is 20.4 Å². The molecule has 0 aliphatic rings. The molecule has 0 N–H and O–H groups in total. The van der Waals surface area contributed by atoms with E-state index < -0.39 is 5.76 Å². The van der Waals surface area contributed by atoms with Crippen molar-refractivity contribution in [2.45, 2.75) is 25.9 Å². The third-order valence-electron chi connectivity index (χ3n) is 4.96. The average molecular weight is 425 g/mol. The number of carbonyl (C=O) groups excluding carboxylic acids is 1. The Balaban J connectivity index is 1.32. The van der Waals surface area contributed by atoms with Gasteiger partial charge in [0.25, 0.3) is 0 Å². The maximum Gasteiger partial charge on any atom is 0.419 e. The van der Waals surface area contributed by atoms with Crippen LogP contribution in [0, 0.1) is 0 Å². The van der Waals surface area contributed by atoms with Crippen LogP contribution in [0.1, 0.15) is 18.6 Å². The van der Waals surface area contributed by atoms with Crippen LogP contribution in [0.25, 0.3) is 22.4 Å². The SMILES string of the molecule is CN(Cc1ccc(-c2ccc(Cl)cc2)o1)C(=O)CCCn1c(=O)oc2ccccc21. The van der Waals surface area contributed by atoms with Gasteiger partial charge in [-0.2, -0.15) is 0 Å². The Morgan fingerprint density at radius 3 is 2.60 bits per heavy atom. The highest BCUT2D eigenvalue weighted by Gasteiger charge is 2.14. The third kappa shape index (κ3) is 4.33. The van der Waals surface area contributed by atoms with Crippen LogP contribution in [0.15, 0.2) is 74.3 Å². The van der Waals surface area contributed by atoms with Crippen LogP contribution in [0.4, 0.5) is 0 Å². The second-order valence-corrected chi connectivity index (χ2v) is 7.55. The van der Waals surface area contributed by atoms with Gasteiger partial charge in [-0.25, -0.2) is 4.79 Å². The molecule has 0 spiro atoms. The molecule has 7 heteroatoms. The summed E-state index contributed by atoms with van der Waals surface area (Å²) in [6.45, 7) is 0.803. The molecule has 0 aliphatic carbocycles. The first-order chi connectivity index (χ1) is 14.5. The minimum absolute atomic E-state index is 0.0136. The summed E-state index contributed by atoms with van der Waals surface area (Å²) in [7, 11) is 1.74. The number of aryl methyl sites for hydroxylation is 1. The molecule has 2 heterocycles. The molecule has 6 nitrogen and oxygen atoms in total. The summed E-state index contributed by atoms with van der Waals surface area (Å²) in [6.07, 6.45) is 0.869. The highest BCUT2D eigenvalue weighted by Crippen LogP contribution is 2.24. The van der Waals surface area contributed by atoms with Crippen molar-refractivity contribution in [1.82, 2.24) is 9.47 Å². The van der Waals surface area contributed by atoms with Crippen LogP contribution >= 0.6 is 11.6 Å². The molecule has 2 aromatic carbocycles. The van der Waals surface area contributed by atoms with Gasteiger partial charge >= 0.3 is 5.76 Å². The topological polar surface area (TPSA) is 68.6 Å². The summed E-state index contributed by atoms with van der Waals surface area (Å²) in [5.74, 6) is 1.02. The second-order valence-electron chi connectivity index (χ2n) is 7.11. The van der Waals surface area contributed by atoms with Crippen LogP contribution in [-0.2, 0) is 17.9 Å². The first-order valence-electron chi connectivity index (χ1n) is 9.68. The molecular weight excluding hydrogens is 404 g/mol. The van der Waals surface area contributed by atoms with Gasteiger partial charge in [0.1, 0.15) is 11.5 Å². The summed E-state index contributed by atoms with van der Waals surface area (Å²) in [5, 5.41) is 0.668. The maximum absolute atomic E-state index is 12.5. The van der Waals surface area contributed by atoms with Crippen molar-refractivity contribution in [2.24, 2.45) is 0 Å². The number of furan rings is 1. The molecule has 4 rings (SSSR count). The number of halogens is 1. The van der Waals surface area contributed by atoms with Crippen LogP contribution in [0.2, 0.25) is 5.02 Å². The molecule has 0 radical (unpaired) electrons. The van der Waals surface area contributed by atoms with E-state index in [2.05, 4.69) is 0 Å². The second kappa shape index (κ2) is 8.63. The fourth-order valence-electron chi connectivity index (χ4n) is 3.36. The number of hydrogen-bond acceptors (Lipinski definition) is 4. The fraction of sp³-hybridized carbons (Fsp3) is 0.217. The largest absolute Gasteiger partial charge is 0.459 e. The number of benzene rings is 2. The molecule has 0 saturated carbocycles. The maximum atomic E-state index is 12.5. The van der Waals surface area contributed by atoms with E-state index in [1.165, 1.54) is 0 Å². The number of nitrogens with zero attached hydrogens (tertiary/aromatic N) is 2. The number of fused-ring (bicyclic) bond motifs is 1. The Morgan fingerprint density at radius 1 is 1.03 bits per heavy atom.